The Morgan fingerprint density at radius 1 is 1.10 bits per heavy atom. The third kappa shape index (κ3) is 6.90. The SMILES string of the molecule is CCCCCCCCCCC(NN)c1cccc(Br)c1F. The lowest BCUT2D eigenvalue weighted by atomic mass is 9.99. The minimum Gasteiger partial charge on any atom is -0.271 e. The molecule has 1 aromatic carbocycles. The van der Waals surface area contributed by atoms with Gasteiger partial charge in [-0.05, 0) is 28.4 Å². The number of unbranched alkanes of at least 4 members (excludes halogenated alkanes) is 7. The highest BCUT2D eigenvalue weighted by Gasteiger charge is 2.15. The summed E-state index contributed by atoms with van der Waals surface area (Å²) in [6.07, 6.45) is 11.1. The number of halogens is 2. The van der Waals surface area contributed by atoms with E-state index in [1.807, 2.05) is 6.07 Å². The van der Waals surface area contributed by atoms with Crippen molar-refractivity contribution < 1.29 is 4.39 Å². The average molecular weight is 359 g/mol. The second-order valence-corrected chi connectivity index (χ2v) is 6.48. The summed E-state index contributed by atoms with van der Waals surface area (Å²) in [5.74, 6) is 5.38. The molecular formula is C17H28BrFN2. The van der Waals surface area contributed by atoms with Crippen LogP contribution < -0.4 is 11.3 Å². The number of benzene rings is 1. The maximum atomic E-state index is 14.0. The molecule has 1 aromatic rings. The summed E-state index contributed by atoms with van der Waals surface area (Å²) in [6, 6.07) is 5.25. The van der Waals surface area contributed by atoms with Crippen LogP contribution in [0.25, 0.3) is 0 Å². The van der Waals surface area contributed by atoms with E-state index in [0.29, 0.717) is 10.0 Å². The van der Waals surface area contributed by atoms with Crippen molar-refractivity contribution >= 4 is 15.9 Å². The zero-order valence-electron chi connectivity index (χ0n) is 13.0. The first-order chi connectivity index (χ1) is 10.2. The second-order valence-electron chi connectivity index (χ2n) is 5.63. The molecule has 0 aliphatic carbocycles. The van der Waals surface area contributed by atoms with Crippen molar-refractivity contribution in [2.75, 3.05) is 0 Å². The molecule has 2 nitrogen and oxygen atoms in total. The van der Waals surface area contributed by atoms with Crippen molar-refractivity contribution in [3.63, 3.8) is 0 Å². The minimum absolute atomic E-state index is 0.109. The molecule has 0 aromatic heterocycles. The highest BCUT2D eigenvalue weighted by molar-refractivity contribution is 9.10. The lowest BCUT2D eigenvalue weighted by Gasteiger charge is -2.17. The molecular weight excluding hydrogens is 331 g/mol. The summed E-state index contributed by atoms with van der Waals surface area (Å²) in [7, 11) is 0. The van der Waals surface area contributed by atoms with Gasteiger partial charge >= 0.3 is 0 Å². The Morgan fingerprint density at radius 2 is 1.71 bits per heavy atom. The van der Waals surface area contributed by atoms with Crippen LogP contribution in [0.1, 0.15) is 76.3 Å². The number of rotatable bonds is 11. The van der Waals surface area contributed by atoms with Crippen LogP contribution in [0.2, 0.25) is 0 Å². The van der Waals surface area contributed by atoms with Crippen molar-refractivity contribution in [3.8, 4) is 0 Å². The standard InChI is InChI=1S/C17H28BrFN2/c1-2-3-4-5-6-7-8-9-13-16(21-20)14-11-10-12-15(18)17(14)19/h10-12,16,21H,2-9,13,20H2,1H3. The smallest absolute Gasteiger partial charge is 0.142 e. The lowest BCUT2D eigenvalue weighted by molar-refractivity contribution is 0.455. The fourth-order valence-electron chi connectivity index (χ4n) is 2.60. The van der Waals surface area contributed by atoms with Gasteiger partial charge < -0.3 is 0 Å². The number of hydrogen-bond acceptors (Lipinski definition) is 2. The number of nitrogens with one attached hydrogen (secondary N) is 1. The lowest BCUT2D eigenvalue weighted by Crippen LogP contribution is -2.28. The van der Waals surface area contributed by atoms with Gasteiger partial charge in [0.1, 0.15) is 5.82 Å². The third-order valence-electron chi connectivity index (χ3n) is 3.90. The van der Waals surface area contributed by atoms with Gasteiger partial charge in [-0.3, -0.25) is 11.3 Å². The van der Waals surface area contributed by atoms with Gasteiger partial charge in [0.15, 0.2) is 0 Å². The first-order valence-corrected chi connectivity index (χ1v) is 8.90. The summed E-state index contributed by atoms with van der Waals surface area (Å²) in [4.78, 5) is 0. The van der Waals surface area contributed by atoms with Gasteiger partial charge in [0.05, 0.1) is 4.47 Å². The second kappa shape index (κ2) is 11.2. The summed E-state index contributed by atoms with van der Waals surface area (Å²) in [5.41, 5.74) is 3.39. The van der Waals surface area contributed by atoms with Gasteiger partial charge in [0.2, 0.25) is 0 Å². The molecule has 120 valence electrons. The first kappa shape index (κ1) is 18.6. The molecule has 0 bridgehead atoms. The van der Waals surface area contributed by atoms with Crippen molar-refractivity contribution in [2.45, 2.75) is 70.8 Å². The summed E-state index contributed by atoms with van der Waals surface area (Å²) in [6.45, 7) is 2.24. The topological polar surface area (TPSA) is 38.0 Å². The van der Waals surface area contributed by atoms with E-state index in [9.17, 15) is 4.39 Å². The fraction of sp³-hybridized carbons (Fsp3) is 0.647. The van der Waals surface area contributed by atoms with Crippen molar-refractivity contribution in [2.24, 2.45) is 5.84 Å². The molecule has 3 N–H and O–H groups in total. The third-order valence-corrected chi connectivity index (χ3v) is 4.52. The van der Waals surface area contributed by atoms with Crippen molar-refractivity contribution in [1.82, 2.24) is 5.43 Å². The first-order valence-electron chi connectivity index (χ1n) is 8.10. The van der Waals surface area contributed by atoms with Gasteiger partial charge in [0, 0.05) is 11.6 Å². The van der Waals surface area contributed by atoms with E-state index in [0.717, 1.165) is 12.8 Å². The number of hydrogen-bond donors (Lipinski definition) is 2. The van der Waals surface area contributed by atoms with E-state index in [-0.39, 0.29) is 11.9 Å². The van der Waals surface area contributed by atoms with Crippen molar-refractivity contribution in [3.05, 3.63) is 34.1 Å². The maximum Gasteiger partial charge on any atom is 0.142 e. The molecule has 0 saturated heterocycles. The van der Waals surface area contributed by atoms with E-state index in [1.165, 1.54) is 44.9 Å². The monoisotopic (exact) mass is 358 g/mol. The zero-order valence-corrected chi connectivity index (χ0v) is 14.6. The van der Waals surface area contributed by atoms with Crippen LogP contribution in [0.3, 0.4) is 0 Å². The molecule has 0 amide bonds. The Hall–Kier alpha value is -0.450. The number of nitrogens with two attached hydrogens (primary N) is 1. The van der Waals surface area contributed by atoms with Crippen LogP contribution in [0.4, 0.5) is 4.39 Å². The Labute approximate surface area is 136 Å². The van der Waals surface area contributed by atoms with Gasteiger partial charge in [-0.25, -0.2) is 4.39 Å². The molecule has 1 rings (SSSR count). The normalized spacial score (nSPS) is 12.6. The minimum atomic E-state index is -0.208. The molecule has 0 saturated carbocycles. The van der Waals surface area contributed by atoms with E-state index in [4.69, 9.17) is 5.84 Å². The molecule has 0 heterocycles. The maximum absolute atomic E-state index is 14.0. The predicted molar refractivity (Wildman–Crippen MR) is 91.4 cm³/mol. The van der Waals surface area contributed by atoms with Crippen LogP contribution in [-0.2, 0) is 0 Å². The van der Waals surface area contributed by atoms with E-state index < -0.39 is 0 Å². The van der Waals surface area contributed by atoms with Gasteiger partial charge in [-0.15, -0.1) is 0 Å². The highest BCUT2D eigenvalue weighted by Crippen LogP contribution is 2.26. The highest BCUT2D eigenvalue weighted by atomic mass is 79.9. The quantitative estimate of drug-likeness (QED) is 0.306. The molecule has 0 spiro atoms. The molecule has 0 radical (unpaired) electrons. The predicted octanol–water partition coefficient (Wildman–Crippen LogP) is 5.62. The molecule has 0 aliphatic heterocycles. The van der Waals surface area contributed by atoms with Crippen LogP contribution >= 0.6 is 15.9 Å². The summed E-state index contributed by atoms with van der Waals surface area (Å²) >= 11 is 3.22. The van der Waals surface area contributed by atoms with Crippen molar-refractivity contribution in [1.29, 1.82) is 0 Å². The van der Waals surface area contributed by atoms with Crippen LogP contribution in [-0.4, -0.2) is 0 Å². The van der Waals surface area contributed by atoms with Crippen LogP contribution in [0.15, 0.2) is 22.7 Å². The summed E-state index contributed by atoms with van der Waals surface area (Å²) in [5, 5.41) is 0. The van der Waals surface area contributed by atoms with Crippen LogP contribution in [0.5, 0.6) is 0 Å². The molecule has 0 fully saturated rings. The number of hydrazine groups is 1. The molecule has 4 heteroatoms. The average Bonchev–Trinajstić information content (AvgIpc) is 2.49. The summed E-state index contributed by atoms with van der Waals surface area (Å²) < 4.78 is 14.5. The Balaban J connectivity index is 2.27. The van der Waals surface area contributed by atoms with Gasteiger partial charge in [0.25, 0.3) is 0 Å². The Kier molecular flexibility index (Phi) is 9.89. The van der Waals surface area contributed by atoms with Gasteiger partial charge in [-0.2, -0.15) is 0 Å². The molecule has 0 aliphatic rings. The Morgan fingerprint density at radius 3 is 2.33 bits per heavy atom. The largest absolute Gasteiger partial charge is 0.271 e. The molecule has 1 atom stereocenters. The van der Waals surface area contributed by atoms with E-state index >= 15 is 0 Å². The molecule has 1 unspecified atom stereocenters. The van der Waals surface area contributed by atoms with Gasteiger partial charge in [-0.1, -0.05) is 70.4 Å². The Bertz CT molecular complexity index is 398. The molecule has 21 heavy (non-hydrogen) atoms. The van der Waals surface area contributed by atoms with E-state index in [1.54, 1.807) is 12.1 Å². The van der Waals surface area contributed by atoms with E-state index in [2.05, 4.69) is 28.3 Å². The fourth-order valence-corrected chi connectivity index (χ4v) is 2.98. The zero-order chi connectivity index (χ0) is 15.5. The van der Waals surface area contributed by atoms with Crippen LogP contribution in [0, 0.1) is 5.82 Å².